The van der Waals surface area contributed by atoms with E-state index in [1.807, 2.05) is 6.92 Å². The molecule has 0 aromatic carbocycles. The van der Waals surface area contributed by atoms with Crippen LogP contribution in [0, 0.1) is 0 Å². The molecule has 0 aromatic heterocycles. The second-order valence-electron chi connectivity index (χ2n) is 2.37. The molecule has 4 heteroatoms. The van der Waals surface area contributed by atoms with Gasteiger partial charge in [0.25, 0.3) is 0 Å². The summed E-state index contributed by atoms with van der Waals surface area (Å²) in [6, 6.07) is -0.883. The van der Waals surface area contributed by atoms with E-state index in [1.54, 1.807) is 0 Å². The van der Waals surface area contributed by atoms with E-state index in [-0.39, 0.29) is 6.61 Å². The van der Waals surface area contributed by atoms with Gasteiger partial charge in [-0.05, 0) is 6.42 Å². The van der Waals surface area contributed by atoms with E-state index in [1.165, 1.54) is 0 Å². The highest BCUT2D eigenvalue weighted by Crippen LogP contribution is 1.89. The fraction of sp³-hybridized carbons (Fsp3) is 0.857. The maximum Gasteiger partial charge on any atom is 0.322 e. The van der Waals surface area contributed by atoms with E-state index in [2.05, 4.69) is 0 Å². The second-order valence-corrected chi connectivity index (χ2v) is 2.37. The van der Waals surface area contributed by atoms with Crippen molar-refractivity contribution in [1.29, 1.82) is 0 Å². The minimum absolute atomic E-state index is 0.106. The van der Waals surface area contributed by atoms with Crippen LogP contribution in [0.25, 0.3) is 0 Å². The van der Waals surface area contributed by atoms with Crippen LogP contribution in [-0.4, -0.2) is 30.3 Å². The van der Waals surface area contributed by atoms with Crippen molar-refractivity contribution < 1.29 is 14.6 Å². The highest BCUT2D eigenvalue weighted by Gasteiger charge is 2.10. The molecule has 0 heterocycles. The summed E-state index contributed by atoms with van der Waals surface area (Å²) in [6.45, 7) is 2.74. The first-order chi connectivity index (χ1) is 5.18. The monoisotopic (exact) mass is 161 g/mol. The highest BCUT2D eigenvalue weighted by molar-refractivity contribution is 5.73. The Morgan fingerprint density at radius 1 is 1.73 bits per heavy atom. The van der Waals surface area contributed by atoms with E-state index >= 15 is 0 Å². The lowest BCUT2D eigenvalue weighted by molar-refractivity contribution is -0.140. The zero-order valence-electron chi connectivity index (χ0n) is 6.75. The summed E-state index contributed by atoms with van der Waals surface area (Å²) in [5.41, 5.74) is 5.17. The molecule has 3 N–H and O–H groups in total. The molecule has 0 radical (unpaired) electrons. The number of carboxylic acid groups (broad SMARTS) is 1. The van der Waals surface area contributed by atoms with Gasteiger partial charge in [0.15, 0.2) is 0 Å². The number of rotatable bonds is 6. The zero-order chi connectivity index (χ0) is 8.69. The molecule has 0 aliphatic carbocycles. The van der Waals surface area contributed by atoms with Crippen molar-refractivity contribution in [2.45, 2.75) is 25.8 Å². The first-order valence-electron chi connectivity index (χ1n) is 3.74. The van der Waals surface area contributed by atoms with Gasteiger partial charge in [0.05, 0.1) is 6.61 Å². The Balaban J connectivity index is 3.17. The molecule has 0 rings (SSSR count). The summed E-state index contributed by atoms with van der Waals surface area (Å²) in [5.74, 6) is -1.01. The largest absolute Gasteiger partial charge is 0.480 e. The molecule has 0 aliphatic rings. The van der Waals surface area contributed by atoms with Crippen LogP contribution in [-0.2, 0) is 9.53 Å². The molecule has 0 aromatic rings. The van der Waals surface area contributed by atoms with Gasteiger partial charge in [-0.25, -0.2) is 0 Å². The first kappa shape index (κ1) is 10.4. The summed E-state index contributed by atoms with van der Waals surface area (Å²) in [4.78, 5) is 10.2. The Morgan fingerprint density at radius 2 is 2.36 bits per heavy atom. The average Bonchev–Trinajstić information content (AvgIpc) is 1.97. The number of hydrogen-bond donors (Lipinski definition) is 2. The maximum absolute atomic E-state index is 10.2. The van der Waals surface area contributed by atoms with Gasteiger partial charge in [-0.2, -0.15) is 0 Å². The first-order valence-corrected chi connectivity index (χ1v) is 3.74. The van der Waals surface area contributed by atoms with Crippen LogP contribution in [0.15, 0.2) is 0 Å². The van der Waals surface area contributed by atoms with Gasteiger partial charge in [0.2, 0.25) is 0 Å². The smallest absolute Gasteiger partial charge is 0.322 e. The highest BCUT2D eigenvalue weighted by atomic mass is 16.5. The number of carboxylic acids is 1. The zero-order valence-corrected chi connectivity index (χ0v) is 6.75. The van der Waals surface area contributed by atoms with Gasteiger partial charge in [-0.15, -0.1) is 0 Å². The van der Waals surface area contributed by atoms with Gasteiger partial charge in [0, 0.05) is 6.61 Å². The predicted molar refractivity (Wildman–Crippen MR) is 41.3 cm³/mol. The molecule has 0 bridgehead atoms. The molecule has 0 spiro atoms. The Morgan fingerprint density at radius 3 is 2.82 bits per heavy atom. The molecule has 11 heavy (non-hydrogen) atoms. The SMILES string of the molecule is CCCCOCC(N)C(=O)O. The molecular formula is C7H15NO3. The van der Waals surface area contributed by atoms with Crippen molar-refractivity contribution >= 4 is 5.97 Å². The molecule has 0 amide bonds. The van der Waals surface area contributed by atoms with E-state index in [9.17, 15) is 4.79 Å². The second kappa shape index (κ2) is 6.12. The normalized spacial score (nSPS) is 12.9. The van der Waals surface area contributed by atoms with Crippen molar-refractivity contribution in [2.75, 3.05) is 13.2 Å². The number of unbranched alkanes of at least 4 members (excludes halogenated alkanes) is 1. The van der Waals surface area contributed by atoms with Crippen molar-refractivity contribution in [1.82, 2.24) is 0 Å². The number of nitrogens with two attached hydrogens (primary N) is 1. The number of hydrogen-bond acceptors (Lipinski definition) is 3. The molecule has 0 fully saturated rings. The Labute approximate surface area is 66.3 Å². The lowest BCUT2D eigenvalue weighted by Gasteiger charge is -2.06. The van der Waals surface area contributed by atoms with Crippen molar-refractivity contribution in [3.63, 3.8) is 0 Å². The lowest BCUT2D eigenvalue weighted by atomic mass is 10.3. The Hall–Kier alpha value is -0.610. The fourth-order valence-electron chi connectivity index (χ4n) is 0.528. The van der Waals surface area contributed by atoms with E-state index < -0.39 is 12.0 Å². The number of ether oxygens (including phenoxy) is 1. The standard InChI is InChI=1S/C7H15NO3/c1-2-3-4-11-5-6(8)7(9)10/h6H,2-5,8H2,1H3,(H,9,10). The third-order valence-corrected chi connectivity index (χ3v) is 1.26. The fourth-order valence-corrected chi connectivity index (χ4v) is 0.528. The third kappa shape index (κ3) is 5.82. The summed E-state index contributed by atoms with van der Waals surface area (Å²) in [7, 11) is 0. The van der Waals surface area contributed by atoms with Crippen LogP contribution >= 0.6 is 0 Å². The average molecular weight is 161 g/mol. The minimum atomic E-state index is -1.01. The van der Waals surface area contributed by atoms with E-state index in [4.69, 9.17) is 15.6 Å². The topological polar surface area (TPSA) is 72.5 Å². The van der Waals surface area contributed by atoms with Crippen molar-refractivity contribution in [2.24, 2.45) is 5.73 Å². The van der Waals surface area contributed by atoms with E-state index in [0.29, 0.717) is 6.61 Å². The van der Waals surface area contributed by atoms with Crippen LogP contribution in [0.3, 0.4) is 0 Å². The maximum atomic E-state index is 10.2. The molecule has 0 saturated carbocycles. The summed E-state index contributed by atoms with van der Waals surface area (Å²) < 4.78 is 4.99. The Kier molecular flexibility index (Phi) is 5.78. The van der Waals surface area contributed by atoms with Crippen LogP contribution in [0.4, 0.5) is 0 Å². The van der Waals surface area contributed by atoms with Crippen LogP contribution in [0.2, 0.25) is 0 Å². The molecule has 1 atom stereocenters. The van der Waals surface area contributed by atoms with Crippen LogP contribution in [0.1, 0.15) is 19.8 Å². The van der Waals surface area contributed by atoms with E-state index in [0.717, 1.165) is 12.8 Å². The quantitative estimate of drug-likeness (QED) is 0.546. The minimum Gasteiger partial charge on any atom is -0.480 e. The molecule has 0 aliphatic heterocycles. The number of carbonyl (C=O) groups is 1. The number of aliphatic carboxylic acids is 1. The molecule has 1 unspecified atom stereocenters. The summed E-state index contributed by atoms with van der Waals surface area (Å²) in [5, 5.41) is 8.33. The van der Waals surface area contributed by atoms with Crippen molar-refractivity contribution in [3.05, 3.63) is 0 Å². The summed E-state index contributed by atoms with van der Waals surface area (Å²) >= 11 is 0. The lowest BCUT2D eigenvalue weighted by Crippen LogP contribution is -2.34. The van der Waals surface area contributed by atoms with Gasteiger partial charge in [-0.1, -0.05) is 13.3 Å². The van der Waals surface area contributed by atoms with Gasteiger partial charge >= 0.3 is 5.97 Å². The molecular weight excluding hydrogens is 146 g/mol. The van der Waals surface area contributed by atoms with Crippen LogP contribution < -0.4 is 5.73 Å². The van der Waals surface area contributed by atoms with Gasteiger partial charge in [0.1, 0.15) is 6.04 Å². The molecule has 66 valence electrons. The summed E-state index contributed by atoms with van der Waals surface area (Å²) in [6.07, 6.45) is 1.99. The third-order valence-electron chi connectivity index (χ3n) is 1.26. The van der Waals surface area contributed by atoms with Crippen molar-refractivity contribution in [3.8, 4) is 0 Å². The van der Waals surface area contributed by atoms with Gasteiger partial charge in [-0.3, -0.25) is 4.79 Å². The molecule has 4 nitrogen and oxygen atoms in total. The predicted octanol–water partition coefficient (Wildman–Crippen LogP) is 0.215. The van der Waals surface area contributed by atoms with Crippen LogP contribution in [0.5, 0.6) is 0 Å². The molecule has 0 saturated heterocycles. The Bertz CT molecular complexity index is 116. The van der Waals surface area contributed by atoms with Gasteiger partial charge < -0.3 is 15.6 Å².